The SMILES string of the molecule is O=C(Nc1ccc(Br)c(F)c1)C1CCS(=O)(=O)C1. The van der Waals surface area contributed by atoms with Crippen molar-refractivity contribution in [3.05, 3.63) is 28.5 Å². The van der Waals surface area contributed by atoms with E-state index in [1.165, 1.54) is 12.1 Å². The molecule has 1 aliphatic heterocycles. The normalized spacial score (nSPS) is 21.8. The predicted molar refractivity (Wildman–Crippen MR) is 69.5 cm³/mol. The van der Waals surface area contributed by atoms with E-state index in [0.29, 0.717) is 16.6 Å². The second-order valence-electron chi connectivity index (χ2n) is 4.22. The van der Waals surface area contributed by atoms with E-state index in [2.05, 4.69) is 21.2 Å². The maximum absolute atomic E-state index is 13.2. The Hall–Kier alpha value is -0.950. The fourth-order valence-electron chi connectivity index (χ4n) is 1.82. The standard InChI is InChI=1S/C11H11BrFNO3S/c12-9-2-1-8(5-10(9)13)14-11(15)7-3-4-18(16,17)6-7/h1-2,5,7H,3-4,6H2,(H,14,15). The highest BCUT2D eigenvalue weighted by atomic mass is 79.9. The molecule has 1 aromatic carbocycles. The summed E-state index contributed by atoms with van der Waals surface area (Å²) in [5.74, 6) is -1.48. The number of anilines is 1. The van der Waals surface area contributed by atoms with Crippen molar-refractivity contribution < 1.29 is 17.6 Å². The molecule has 7 heteroatoms. The van der Waals surface area contributed by atoms with Crippen LogP contribution in [0.15, 0.2) is 22.7 Å². The summed E-state index contributed by atoms with van der Waals surface area (Å²) in [4.78, 5) is 11.8. The number of carbonyl (C=O) groups is 1. The van der Waals surface area contributed by atoms with Gasteiger partial charge in [-0.05, 0) is 40.5 Å². The smallest absolute Gasteiger partial charge is 0.228 e. The number of hydrogen-bond acceptors (Lipinski definition) is 3. The molecule has 1 aromatic rings. The van der Waals surface area contributed by atoms with E-state index < -0.39 is 21.6 Å². The molecular formula is C11H11BrFNO3S. The van der Waals surface area contributed by atoms with E-state index in [1.54, 1.807) is 6.07 Å². The average molecular weight is 336 g/mol. The highest BCUT2D eigenvalue weighted by Gasteiger charge is 2.32. The molecule has 0 aromatic heterocycles. The summed E-state index contributed by atoms with van der Waals surface area (Å²) in [6, 6.07) is 4.22. The zero-order valence-corrected chi connectivity index (χ0v) is 11.7. The largest absolute Gasteiger partial charge is 0.326 e. The number of sulfone groups is 1. The first-order valence-electron chi connectivity index (χ1n) is 5.34. The number of amides is 1. The van der Waals surface area contributed by atoms with Gasteiger partial charge >= 0.3 is 0 Å². The molecule has 0 bridgehead atoms. The van der Waals surface area contributed by atoms with E-state index in [4.69, 9.17) is 0 Å². The number of halogens is 2. The fourth-order valence-corrected chi connectivity index (χ4v) is 3.81. The van der Waals surface area contributed by atoms with Crippen molar-refractivity contribution in [1.82, 2.24) is 0 Å². The summed E-state index contributed by atoms with van der Waals surface area (Å²) < 4.78 is 36.0. The highest BCUT2D eigenvalue weighted by Crippen LogP contribution is 2.22. The second-order valence-corrected chi connectivity index (χ2v) is 7.30. The van der Waals surface area contributed by atoms with Crippen LogP contribution in [0.2, 0.25) is 0 Å². The van der Waals surface area contributed by atoms with Crippen LogP contribution in [0.25, 0.3) is 0 Å². The van der Waals surface area contributed by atoms with Gasteiger partial charge in [0.15, 0.2) is 9.84 Å². The summed E-state index contributed by atoms with van der Waals surface area (Å²) in [7, 11) is -3.09. The van der Waals surface area contributed by atoms with E-state index in [9.17, 15) is 17.6 Å². The van der Waals surface area contributed by atoms with Crippen LogP contribution in [-0.4, -0.2) is 25.8 Å². The Morgan fingerprint density at radius 2 is 2.17 bits per heavy atom. The van der Waals surface area contributed by atoms with Gasteiger partial charge in [0.1, 0.15) is 5.82 Å². The third kappa shape index (κ3) is 3.08. The van der Waals surface area contributed by atoms with Crippen LogP contribution in [0, 0.1) is 11.7 Å². The fraction of sp³-hybridized carbons (Fsp3) is 0.364. The summed E-state index contributed by atoms with van der Waals surface area (Å²) in [5, 5.41) is 2.53. The number of rotatable bonds is 2. The summed E-state index contributed by atoms with van der Waals surface area (Å²) >= 11 is 3.01. The maximum atomic E-state index is 13.2. The van der Waals surface area contributed by atoms with Gasteiger partial charge in [-0.1, -0.05) is 0 Å². The van der Waals surface area contributed by atoms with Gasteiger partial charge in [0.25, 0.3) is 0 Å². The summed E-state index contributed by atoms with van der Waals surface area (Å²) in [6.45, 7) is 0. The van der Waals surface area contributed by atoms with Crippen LogP contribution in [0.4, 0.5) is 10.1 Å². The molecule has 1 unspecified atom stereocenters. The molecular weight excluding hydrogens is 325 g/mol. The van der Waals surface area contributed by atoms with Gasteiger partial charge in [-0.25, -0.2) is 12.8 Å². The molecule has 1 aliphatic rings. The minimum absolute atomic E-state index is 0.0415. The quantitative estimate of drug-likeness (QED) is 0.898. The first-order valence-corrected chi connectivity index (χ1v) is 7.95. The molecule has 0 aliphatic carbocycles. The Morgan fingerprint density at radius 1 is 1.44 bits per heavy atom. The molecule has 0 saturated carbocycles. The molecule has 18 heavy (non-hydrogen) atoms. The van der Waals surface area contributed by atoms with Crippen molar-refractivity contribution in [3.63, 3.8) is 0 Å². The molecule has 1 saturated heterocycles. The lowest BCUT2D eigenvalue weighted by molar-refractivity contribution is -0.119. The number of nitrogens with one attached hydrogen (secondary N) is 1. The Kier molecular flexibility index (Phi) is 3.72. The lowest BCUT2D eigenvalue weighted by Crippen LogP contribution is -2.23. The summed E-state index contributed by atoms with van der Waals surface area (Å²) in [6.07, 6.45) is 0.327. The molecule has 2 rings (SSSR count). The molecule has 0 radical (unpaired) electrons. The first kappa shape index (κ1) is 13.5. The molecule has 1 atom stereocenters. The minimum atomic E-state index is -3.09. The van der Waals surface area contributed by atoms with Gasteiger partial charge in [-0.15, -0.1) is 0 Å². The molecule has 1 amide bonds. The molecule has 1 heterocycles. The van der Waals surface area contributed by atoms with E-state index in [0.717, 1.165) is 0 Å². The zero-order chi connectivity index (χ0) is 13.3. The molecule has 4 nitrogen and oxygen atoms in total. The lowest BCUT2D eigenvalue weighted by Gasteiger charge is -2.09. The van der Waals surface area contributed by atoms with Gasteiger partial charge < -0.3 is 5.32 Å². The maximum Gasteiger partial charge on any atom is 0.228 e. The third-order valence-corrected chi connectivity index (χ3v) is 5.20. The molecule has 98 valence electrons. The van der Waals surface area contributed by atoms with Crippen molar-refractivity contribution in [3.8, 4) is 0 Å². The van der Waals surface area contributed by atoms with Gasteiger partial charge in [-0.2, -0.15) is 0 Å². The van der Waals surface area contributed by atoms with Crippen LogP contribution in [0.5, 0.6) is 0 Å². The van der Waals surface area contributed by atoms with Gasteiger partial charge in [-0.3, -0.25) is 4.79 Å². The molecule has 1 N–H and O–H groups in total. The monoisotopic (exact) mass is 335 g/mol. The highest BCUT2D eigenvalue weighted by molar-refractivity contribution is 9.10. The van der Waals surface area contributed by atoms with Crippen LogP contribution in [-0.2, 0) is 14.6 Å². The third-order valence-electron chi connectivity index (χ3n) is 2.79. The minimum Gasteiger partial charge on any atom is -0.326 e. The predicted octanol–water partition coefficient (Wildman–Crippen LogP) is 1.96. The van der Waals surface area contributed by atoms with Crippen LogP contribution in [0.1, 0.15) is 6.42 Å². The van der Waals surface area contributed by atoms with E-state index >= 15 is 0 Å². The Morgan fingerprint density at radius 3 is 2.72 bits per heavy atom. The van der Waals surface area contributed by atoms with Crippen molar-refractivity contribution in [2.45, 2.75) is 6.42 Å². The van der Waals surface area contributed by atoms with Crippen molar-refractivity contribution in [1.29, 1.82) is 0 Å². The van der Waals surface area contributed by atoms with E-state index in [-0.39, 0.29) is 17.4 Å². The van der Waals surface area contributed by atoms with Crippen molar-refractivity contribution in [2.24, 2.45) is 5.92 Å². The molecule has 1 fully saturated rings. The van der Waals surface area contributed by atoms with Crippen LogP contribution < -0.4 is 5.32 Å². The number of hydrogen-bond donors (Lipinski definition) is 1. The molecule has 0 spiro atoms. The van der Waals surface area contributed by atoms with Gasteiger partial charge in [0.2, 0.25) is 5.91 Å². The van der Waals surface area contributed by atoms with Crippen molar-refractivity contribution >= 4 is 37.4 Å². The Labute approximate surface area is 113 Å². The Bertz CT molecular complexity index is 588. The van der Waals surface area contributed by atoms with E-state index in [1.807, 2.05) is 0 Å². The second kappa shape index (κ2) is 4.97. The first-order chi connectivity index (χ1) is 8.37. The summed E-state index contributed by atoms with van der Waals surface area (Å²) in [5.41, 5.74) is 0.324. The zero-order valence-electron chi connectivity index (χ0n) is 9.32. The van der Waals surface area contributed by atoms with Crippen molar-refractivity contribution in [2.75, 3.05) is 16.8 Å². The number of benzene rings is 1. The number of carbonyl (C=O) groups excluding carboxylic acids is 1. The van der Waals surface area contributed by atoms with Gasteiger partial charge in [0.05, 0.1) is 21.9 Å². The van der Waals surface area contributed by atoms with Crippen LogP contribution in [0.3, 0.4) is 0 Å². The van der Waals surface area contributed by atoms with Gasteiger partial charge in [0, 0.05) is 5.69 Å². The van der Waals surface area contributed by atoms with Crippen LogP contribution >= 0.6 is 15.9 Å². The topological polar surface area (TPSA) is 63.2 Å². The Balaban J connectivity index is 2.06. The lowest BCUT2D eigenvalue weighted by atomic mass is 10.1. The average Bonchev–Trinajstić information content (AvgIpc) is 2.64.